The highest BCUT2D eigenvalue weighted by atomic mass is 16.5. The molecule has 1 heterocycles. The molecule has 0 aromatic carbocycles. The van der Waals surface area contributed by atoms with E-state index in [2.05, 4.69) is 9.97 Å². The van der Waals surface area contributed by atoms with E-state index < -0.39 is 0 Å². The maximum absolute atomic E-state index is 10.9. The monoisotopic (exact) mass is 208 g/mol. The molecular weight excluding hydrogens is 196 g/mol. The summed E-state index contributed by atoms with van der Waals surface area (Å²) < 4.78 is 4.73. The third-order valence-electron chi connectivity index (χ3n) is 1.57. The zero-order valence-electron chi connectivity index (χ0n) is 8.40. The van der Waals surface area contributed by atoms with Crippen molar-refractivity contribution in [3.05, 3.63) is 34.5 Å². The lowest BCUT2D eigenvalue weighted by molar-refractivity contribution is -0.142. The molecule has 0 bridgehead atoms. The summed E-state index contributed by atoms with van der Waals surface area (Å²) in [4.78, 5) is 27.9. The number of nitrogens with zero attached hydrogens (tertiary/aromatic N) is 1. The van der Waals surface area contributed by atoms with Gasteiger partial charge in [-0.3, -0.25) is 9.59 Å². The van der Waals surface area contributed by atoms with Gasteiger partial charge in [-0.05, 0) is 13.0 Å². The van der Waals surface area contributed by atoms with Crippen molar-refractivity contribution < 1.29 is 9.53 Å². The highest BCUT2D eigenvalue weighted by Crippen LogP contribution is 1.95. The number of ether oxygens (including phenoxy) is 1. The molecule has 80 valence electrons. The number of H-pyrrole nitrogens is 1. The lowest BCUT2D eigenvalue weighted by Gasteiger charge is -1.96. The Balaban J connectivity index is 2.48. The number of hydrogen-bond acceptors (Lipinski definition) is 4. The lowest BCUT2D eigenvalue weighted by atomic mass is 10.3. The third-order valence-corrected chi connectivity index (χ3v) is 1.57. The first kappa shape index (κ1) is 11.2. The van der Waals surface area contributed by atoms with Gasteiger partial charge in [-0.2, -0.15) is 0 Å². The van der Waals surface area contributed by atoms with E-state index in [1.54, 1.807) is 19.1 Å². The minimum Gasteiger partial charge on any atom is -0.466 e. The first-order valence-electron chi connectivity index (χ1n) is 4.59. The van der Waals surface area contributed by atoms with Gasteiger partial charge in [0.15, 0.2) is 0 Å². The van der Waals surface area contributed by atoms with Gasteiger partial charge in [0.1, 0.15) is 0 Å². The number of hydrogen-bond donors (Lipinski definition) is 1. The molecule has 1 rings (SSSR count). The summed E-state index contributed by atoms with van der Waals surface area (Å²) in [6, 6.07) is 0. The molecule has 0 unspecified atom stereocenters. The molecule has 0 saturated heterocycles. The Morgan fingerprint density at radius 3 is 3.07 bits per heavy atom. The molecule has 1 aromatic rings. The van der Waals surface area contributed by atoms with Gasteiger partial charge in [0.05, 0.1) is 24.9 Å². The zero-order chi connectivity index (χ0) is 11.1. The van der Waals surface area contributed by atoms with Crippen LogP contribution < -0.4 is 5.56 Å². The van der Waals surface area contributed by atoms with Crippen LogP contribution >= 0.6 is 0 Å². The Labute approximate surface area is 86.8 Å². The molecule has 0 saturated carbocycles. The summed E-state index contributed by atoms with van der Waals surface area (Å²) in [5.41, 5.74) is 0.344. The van der Waals surface area contributed by atoms with E-state index in [0.29, 0.717) is 12.3 Å². The molecule has 5 nitrogen and oxygen atoms in total. The molecule has 15 heavy (non-hydrogen) atoms. The predicted molar refractivity (Wildman–Crippen MR) is 55.1 cm³/mol. The zero-order valence-corrected chi connectivity index (χ0v) is 8.40. The standard InChI is InChI=1S/C10H12N2O3/c1-2-15-10(14)5-3-4-8-6-12-9(13)7-11-8/h3-4,6-7H,2,5H2,1H3,(H,12,13). The Morgan fingerprint density at radius 2 is 2.47 bits per heavy atom. The van der Waals surface area contributed by atoms with Crippen LogP contribution in [0.2, 0.25) is 0 Å². The van der Waals surface area contributed by atoms with Crippen molar-refractivity contribution in [2.75, 3.05) is 6.61 Å². The fourth-order valence-electron chi connectivity index (χ4n) is 0.940. The highest BCUT2D eigenvalue weighted by Gasteiger charge is 1.96. The SMILES string of the molecule is CCOC(=O)CC=Cc1c[nH]c(=O)cn1. The van der Waals surface area contributed by atoms with Gasteiger partial charge in [-0.15, -0.1) is 0 Å². The van der Waals surface area contributed by atoms with Crippen LogP contribution in [0, 0.1) is 0 Å². The number of esters is 1. The molecule has 0 atom stereocenters. The summed E-state index contributed by atoms with van der Waals surface area (Å²) in [5, 5.41) is 0. The van der Waals surface area contributed by atoms with Gasteiger partial charge >= 0.3 is 5.97 Å². The Bertz CT molecular complexity index is 389. The maximum atomic E-state index is 10.9. The average molecular weight is 208 g/mol. The lowest BCUT2D eigenvalue weighted by Crippen LogP contribution is -2.04. The summed E-state index contributed by atoms with van der Waals surface area (Å²) in [7, 11) is 0. The smallest absolute Gasteiger partial charge is 0.309 e. The van der Waals surface area contributed by atoms with Crippen LogP contribution in [0.3, 0.4) is 0 Å². The van der Waals surface area contributed by atoms with E-state index in [4.69, 9.17) is 4.74 Å². The topological polar surface area (TPSA) is 72.1 Å². The van der Waals surface area contributed by atoms with Crippen LogP contribution in [0.15, 0.2) is 23.3 Å². The number of nitrogens with one attached hydrogen (secondary N) is 1. The number of carbonyl (C=O) groups is 1. The van der Waals surface area contributed by atoms with Crippen molar-refractivity contribution in [3.8, 4) is 0 Å². The van der Waals surface area contributed by atoms with Gasteiger partial charge in [0.25, 0.3) is 5.56 Å². The Morgan fingerprint density at radius 1 is 1.67 bits per heavy atom. The van der Waals surface area contributed by atoms with E-state index in [-0.39, 0.29) is 17.9 Å². The van der Waals surface area contributed by atoms with Crippen molar-refractivity contribution in [2.45, 2.75) is 13.3 Å². The molecule has 0 amide bonds. The number of aromatic nitrogens is 2. The maximum Gasteiger partial charge on any atom is 0.309 e. The molecule has 0 radical (unpaired) electrons. The molecule has 1 aromatic heterocycles. The minimum atomic E-state index is -0.279. The van der Waals surface area contributed by atoms with Crippen LogP contribution in [0.5, 0.6) is 0 Å². The highest BCUT2D eigenvalue weighted by molar-refractivity contribution is 5.72. The van der Waals surface area contributed by atoms with Crippen molar-refractivity contribution in [2.24, 2.45) is 0 Å². The molecule has 1 N–H and O–H groups in total. The van der Waals surface area contributed by atoms with Crippen LogP contribution in [0.25, 0.3) is 6.08 Å². The van der Waals surface area contributed by atoms with Crippen molar-refractivity contribution >= 4 is 12.0 Å². The van der Waals surface area contributed by atoms with Crippen molar-refractivity contribution in [1.82, 2.24) is 9.97 Å². The summed E-state index contributed by atoms with van der Waals surface area (Å²) in [5.74, 6) is -0.279. The number of rotatable bonds is 4. The van der Waals surface area contributed by atoms with Crippen LogP contribution in [-0.4, -0.2) is 22.5 Å². The van der Waals surface area contributed by atoms with Crippen molar-refractivity contribution in [1.29, 1.82) is 0 Å². The van der Waals surface area contributed by atoms with Gasteiger partial charge in [0.2, 0.25) is 0 Å². The van der Waals surface area contributed by atoms with Gasteiger partial charge in [-0.1, -0.05) is 6.08 Å². The first-order chi connectivity index (χ1) is 7.22. The molecule has 0 aliphatic rings. The summed E-state index contributed by atoms with van der Waals surface area (Å²) in [6.07, 6.45) is 6.15. The summed E-state index contributed by atoms with van der Waals surface area (Å²) in [6.45, 7) is 2.13. The molecular formula is C10H12N2O3. The van der Waals surface area contributed by atoms with Gasteiger partial charge in [-0.25, -0.2) is 4.98 Å². The van der Waals surface area contributed by atoms with E-state index in [0.717, 1.165) is 0 Å². The third kappa shape index (κ3) is 4.21. The molecule has 0 aliphatic heterocycles. The number of carbonyl (C=O) groups excluding carboxylic acids is 1. The second-order valence-electron chi connectivity index (χ2n) is 2.75. The van der Waals surface area contributed by atoms with Gasteiger partial charge < -0.3 is 9.72 Å². The molecule has 5 heteroatoms. The normalized spacial score (nSPS) is 10.5. The Kier molecular flexibility index (Phi) is 4.28. The van der Waals surface area contributed by atoms with E-state index in [1.165, 1.54) is 12.4 Å². The second kappa shape index (κ2) is 5.74. The van der Waals surface area contributed by atoms with Crippen LogP contribution in [0.4, 0.5) is 0 Å². The molecule has 0 fully saturated rings. The quantitative estimate of drug-likeness (QED) is 0.740. The average Bonchev–Trinajstić information content (AvgIpc) is 2.21. The molecule has 0 spiro atoms. The minimum absolute atomic E-state index is 0.203. The fourth-order valence-corrected chi connectivity index (χ4v) is 0.940. The van der Waals surface area contributed by atoms with Crippen molar-refractivity contribution in [3.63, 3.8) is 0 Å². The van der Waals surface area contributed by atoms with Gasteiger partial charge in [0, 0.05) is 6.20 Å². The van der Waals surface area contributed by atoms with E-state index in [9.17, 15) is 9.59 Å². The molecule has 0 aliphatic carbocycles. The summed E-state index contributed by atoms with van der Waals surface area (Å²) >= 11 is 0. The fraction of sp³-hybridized carbons (Fsp3) is 0.300. The number of aromatic amines is 1. The first-order valence-corrected chi connectivity index (χ1v) is 4.59. The predicted octanol–water partition coefficient (Wildman–Crippen LogP) is 0.736. The van der Waals surface area contributed by atoms with E-state index >= 15 is 0 Å². The second-order valence-corrected chi connectivity index (χ2v) is 2.75. The van der Waals surface area contributed by atoms with E-state index in [1.807, 2.05) is 0 Å². The van der Waals surface area contributed by atoms with Crippen LogP contribution in [0.1, 0.15) is 19.0 Å². The Hall–Kier alpha value is -1.91. The largest absolute Gasteiger partial charge is 0.466 e. The van der Waals surface area contributed by atoms with Crippen LogP contribution in [-0.2, 0) is 9.53 Å².